The number of benzene rings is 2. The SMILES string of the molecule is COc1ccc2c(CC(=O)N3CCN(C(=O)[C@H]4COc5ccccc5O4)CC3)coc2c1. The standard InChI is InChI=1S/C24H24N2O6/c1-29-17-6-7-18-16(14-30-21(18)13-17)12-23(27)25-8-10-26(11-9-25)24(28)22-15-31-19-4-2-3-5-20(19)32-22/h2-7,13-14,22H,8-12,15H2,1H3/t22-/m1/s1. The summed E-state index contributed by atoms with van der Waals surface area (Å²) in [5.74, 6) is 1.84. The first-order valence-electron chi connectivity index (χ1n) is 10.6. The fourth-order valence-electron chi connectivity index (χ4n) is 4.12. The highest BCUT2D eigenvalue weighted by molar-refractivity contribution is 5.88. The molecule has 8 nitrogen and oxygen atoms in total. The zero-order valence-electron chi connectivity index (χ0n) is 17.8. The molecule has 1 saturated heterocycles. The lowest BCUT2D eigenvalue weighted by Gasteiger charge is -2.37. The first-order valence-corrected chi connectivity index (χ1v) is 10.6. The van der Waals surface area contributed by atoms with Crippen LogP contribution in [0.1, 0.15) is 5.56 Å². The number of para-hydroxylation sites is 2. The van der Waals surface area contributed by atoms with E-state index in [1.54, 1.807) is 29.2 Å². The van der Waals surface area contributed by atoms with Crippen molar-refractivity contribution in [3.05, 3.63) is 54.3 Å². The van der Waals surface area contributed by atoms with Crippen molar-refractivity contribution in [2.24, 2.45) is 0 Å². The first kappa shape index (κ1) is 20.2. The molecule has 0 N–H and O–H groups in total. The topological polar surface area (TPSA) is 81.5 Å². The number of amides is 2. The number of furan rings is 1. The van der Waals surface area contributed by atoms with Crippen LogP contribution in [-0.2, 0) is 16.0 Å². The Morgan fingerprint density at radius 3 is 2.56 bits per heavy atom. The normalized spacial score (nSPS) is 18.0. The summed E-state index contributed by atoms with van der Waals surface area (Å²) in [4.78, 5) is 29.3. The van der Waals surface area contributed by atoms with Gasteiger partial charge in [0.2, 0.25) is 12.0 Å². The molecule has 2 aliphatic heterocycles. The molecule has 8 heteroatoms. The molecule has 3 aromatic rings. The largest absolute Gasteiger partial charge is 0.497 e. The van der Waals surface area contributed by atoms with Crippen molar-refractivity contribution in [2.45, 2.75) is 12.5 Å². The van der Waals surface area contributed by atoms with Crippen molar-refractivity contribution in [3.8, 4) is 17.2 Å². The monoisotopic (exact) mass is 436 g/mol. The number of hydrogen-bond donors (Lipinski definition) is 0. The van der Waals surface area contributed by atoms with E-state index in [0.29, 0.717) is 49.0 Å². The lowest BCUT2D eigenvalue weighted by atomic mass is 10.1. The van der Waals surface area contributed by atoms with Gasteiger partial charge in [0.05, 0.1) is 19.8 Å². The molecule has 1 aromatic heterocycles. The second-order valence-electron chi connectivity index (χ2n) is 7.87. The van der Waals surface area contributed by atoms with E-state index in [1.807, 2.05) is 36.4 Å². The molecule has 2 aliphatic rings. The molecule has 2 aromatic carbocycles. The second kappa shape index (κ2) is 8.45. The van der Waals surface area contributed by atoms with Gasteiger partial charge in [0.25, 0.3) is 5.91 Å². The maximum absolute atomic E-state index is 12.9. The summed E-state index contributed by atoms with van der Waals surface area (Å²) in [5, 5.41) is 0.905. The highest BCUT2D eigenvalue weighted by Crippen LogP contribution is 2.31. The molecular formula is C24H24N2O6. The van der Waals surface area contributed by atoms with Gasteiger partial charge in [0, 0.05) is 43.2 Å². The quantitative estimate of drug-likeness (QED) is 0.625. The van der Waals surface area contributed by atoms with Crippen LogP contribution < -0.4 is 14.2 Å². The number of ether oxygens (including phenoxy) is 3. The van der Waals surface area contributed by atoms with E-state index in [2.05, 4.69) is 0 Å². The third kappa shape index (κ3) is 3.84. The second-order valence-corrected chi connectivity index (χ2v) is 7.87. The molecule has 1 atom stereocenters. The van der Waals surface area contributed by atoms with Gasteiger partial charge in [-0.25, -0.2) is 0 Å². The van der Waals surface area contributed by atoms with Gasteiger partial charge in [0.15, 0.2) is 11.5 Å². The number of carbonyl (C=O) groups is 2. The average Bonchev–Trinajstić information content (AvgIpc) is 3.25. The van der Waals surface area contributed by atoms with Crippen LogP contribution in [0.4, 0.5) is 0 Å². The molecule has 2 amide bonds. The summed E-state index contributed by atoms with van der Waals surface area (Å²) in [6.45, 7) is 2.09. The van der Waals surface area contributed by atoms with E-state index in [9.17, 15) is 9.59 Å². The van der Waals surface area contributed by atoms with Gasteiger partial charge in [-0.05, 0) is 24.3 Å². The van der Waals surface area contributed by atoms with Crippen molar-refractivity contribution in [1.82, 2.24) is 9.80 Å². The van der Waals surface area contributed by atoms with Gasteiger partial charge in [0.1, 0.15) is 17.9 Å². The molecule has 32 heavy (non-hydrogen) atoms. The zero-order valence-corrected chi connectivity index (χ0v) is 17.8. The van der Waals surface area contributed by atoms with E-state index >= 15 is 0 Å². The van der Waals surface area contributed by atoms with Gasteiger partial charge in [-0.1, -0.05) is 12.1 Å². The average molecular weight is 436 g/mol. The number of rotatable bonds is 4. The van der Waals surface area contributed by atoms with Crippen LogP contribution >= 0.6 is 0 Å². The lowest BCUT2D eigenvalue weighted by Crippen LogP contribution is -2.55. The smallest absolute Gasteiger partial charge is 0.267 e. The Kier molecular flexibility index (Phi) is 5.34. The van der Waals surface area contributed by atoms with Crippen molar-refractivity contribution in [3.63, 3.8) is 0 Å². The Morgan fingerprint density at radius 2 is 1.78 bits per heavy atom. The van der Waals surface area contributed by atoms with E-state index in [4.69, 9.17) is 18.6 Å². The fourth-order valence-corrected chi connectivity index (χ4v) is 4.12. The Morgan fingerprint density at radius 1 is 1.03 bits per heavy atom. The van der Waals surface area contributed by atoms with Crippen molar-refractivity contribution in [2.75, 3.05) is 39.9 Å². The van der Waals surface area contributed by atoms with Gasteiger partial charge < -0.3 is 28.4 Å². The lowest BCUT2D eigenvalue weighted by molar-refractivity contribution is -0.146. The van der Waals surface area contributed by atoms with E-state index in [1.165, 1.54) is 0 Å². The highest BCUT2D eigenvalue weighted by atomic mass is 16.6. The molecule has 0 saturated carbocycles. The first-order chi connectivity index (χ1) is 15.6. The minimum atomic E-state index is -0.665. The predicted molar refractivity (Wildman–Crippen MR) is 116 cm³/mol. The summed E-state index contributed by atoms with van der Waals surface area (Å²) in [5.41, 5.74) is 1.54. The summed E-state index contributed by atoms with van der Waals surface area (Å²) in [6, 6.07) is 12.9. The van der Waals surface area contributed by atoms with Crippen LogP contribution in [0.5, 0.6) is 17.2 Å². The molecule has 0 bridgehead atoms. The van der Waals surface area contributed by atoms with Crippen LogP contribution in [-0.4, -0.2) is 67.6 Å². The summed E-state index contributed by atoms with van der Waals surface area (Å²) in [7, 11) is 1.60. The number of methoxy groups -OCH3 is 1. The van der Waals surface area contributed by atoms with Gasteiger partial charge in [-0.15, -0.1) is 0 Å². The Bertz CT molecular complexity index is 1150. The van der Waals surface area contributed by atoms with E-state index < -0.39 is 6.10 Å². The molecule has 0 radical (unpaired) electrons. The predicted octanol–water partition coefficient (Wildman–Crippen LogP) is 2.49. The molecule has 5 rings (SSSR count). The third-order valence-corrected chi connectivity index (χ3v) is 5.93. The summed E-state index contributed by atoms with van der Waals surface area (Å²) >= 11 is 0. The minimum absolute atomic E-state index is 0.0156. The molecule has 0 aliphatic carbocycles. The van der Waals surface area contributed by atoms with Crippen LogP contribution in [0.3, 0.4) is 0 Å². The van der Waals surface area contributed by atoms with Crippen molar-refractivity contribution >= 4 is 22.8 Å². The van der Waals surface area contributed by atoms with Crippen LogP contribution in [0, 0.1) is 0 Å². The maximum atomic E-state index is 12.9. The molecular weight excluding hydrogens is 412 g/mol. The Balaban J connectivity index is 1.17. The number of fused-ring (bicyclic) bond motifs is 2. The fraction of sp³-hybridized carbons (Fsp3) is 0.333. The Labute approximate surface area is 185 Å². The number of hydrogen-bond acceptors (Lipinski definition) is 6. The van der Waals surface area contributed by atoms with Crippen molar-refractivity contribution in [1.29, 1.82) is 0 Å². The molecule has 3 heterocycles. The molecule has 1 fully saturated rings. The molecule has 0 spiro atoms. The van der Waals surface area contributed by atoms with Crippen LogP contribution in [0.15, 0.2) is 53.1 Å². The Hall–Kier alpha value is -3.68. The number of nitrogens with zero attached hydrogens (tertiary/aromatic N) is 2. The van der Waals surface area contributed by atoms with Gasteiger partial charge in [-0.2, -0.15) is 0 Å². The zero-order chi connectivity index (χ0) is 22.1. The number of piperazine rings is 1. The van der Waals surface area contributed by atoms with Crippen LogP contribution in [0.2, 0.25) is 0 Å². The van der Waals surface area contributed by atoms with E-state index in [0.717, 1.165) is 10.9 Å². The van der Waals surface area contributed by atoms with Gasteiger partial charge >= 0.3 is 0 Å². The maximum Gasteiger partial charge on any atom is 0.267 e. The third-order valence-electron chi connectivity index (χ3n) is 5.93. The van der Waals surface area contributed by atoms with Crippen molar-refractivity contribution < 1.29 is 28.2 Å². The highest BCUT2D eigenvalue weighted by Gasteiger charge is 2.33. The summed E-state index contributed by atoms with van der Waals surface area (Å²) < 4.78 is 22.3. The van der Waals surface area contributed by atoms with Gasteiger partial charge in [-0.3, -0.25) is 9.59 Å². The summed E-state index contributed by atoms with van der Waals surface area (Å²) in [6.07, 6.45) is 1.21. The van der Waals surface area contributed by atoms with Crippen LogP contribution in [0.25, 0.3) is 11.0 Å². The van der Waals surface area contributed by atoms with E-state index in [-0.39, 0.29) is 24.8 Å². The minimum Gasteiger partial charge on any atom is -0.497 e. The number of carbonyl (C=O) groups excluding carboxylic acids is 2. The molecule has 0 unspecified atom stereocenters. The molecule has 166 valence electrons.